The van der Waals surface area contributed by atoms with E-state index in [0.717, 1.165) is 22.7 Å². The van der Waals surface area contributed by atoms with Gasteiger partial charge in [-0.05, 0) is 31.7 Å². The van der Waals surface area contributed by atoms with E-state index in [1.165, 1.54) is 38.5 Å². The zero-order valence-electron chi connectivity index (χ0n) is 10.4. The molecule has 2 aliphatic carbocycles. The molecule has 2 fully saturated rings. The molecule has 18 heavy (non-hydrogen) atoms. The third-order valence-corrected chi connectivity index (χ3v) is 4.07. The van der Waals surface area contributed by atoms with Crippen molar-refractivity contribution in [2.24, 2.45) is 0 Å². The van der Waals surface area contributed by atoms with E-state index in [1.807, 2.05) is 6.20 Å². The van der Waals surface area contributed by atoms with Gasteiger partial charge in [0, 0.05) is 18.2 Å². The van der Waals surface area contributed by atoms with Gasteiger partial charge in [-0.2, -0.15) is 0 Å². The molecular weight excluding hydrogens is 224 g/mol. The standard InChI is InChI=1S/C14H18N4/c1-2-4-9(3-1)12-17-13-11(7-8-15-13)14(18-12)16-10-5-6-10/h7-10H,1-6H2,(H2,15,16,17,18). The van der Waals surface area contributed by atoms with Crippen LogP contribution in [0.1, 0.15) is 50.3 Å². The summed E-state index contributed by atoms with van der Waals surface area (Å²) in [7, 11) is 0. The van der Waals surface area contributed by atoms with Crippen molar-refractivity contribution < 1.29 is 0 Å². The summed E-state index contributed by atoms with van der Waals surface area (Å²) >= 11 is 0. The highest BCUT2D eigenvalue weighted by atomic mass is 15.1. The van der Waals surface area contributed by atoms with Crippen molar-refractivity contribution in [2.45, 2.75) is 50.5 Å². The Morgan fingerprint density at radius 2 is 1.94 bits per heavy atom. The molecule has 0 unspecified atom stereocenters. The van der Waals surface area contributed by atoms with Crippen molar-refractivity contribution in [3.63, 3.8) is 0 Å². The number of H-pyrrole nitrogens is 1. The molecule has 4 nitrogen and oxygen atoms in total. The summed E-state index contributed by atoms with van der Waals surface area (Å²) < 4.78 is 0. The van der Waals surface area contributed by atoms with Crippen LogP contribution in [-0.2, 0) is 0 Å². The molecule has 0 saturated heterocycles. The Hall–Kier alpha value is -1.58. The van der Waals surface area contributed by atoms with Crippen LogP contribution in [0.5, 0.6) is 0 Å². The monoisotopic (exact) mass is 242 g/mol. The van der Waals surface area contributed by atoms with E-state index in [0.29, 0.717) is 12.0 Å². The highest BCUT2D eigenvalue weighted by molar-refractivity contribution is 5.87. The van der Waals surface area contributed by atoms with Crippen LogP contribution in [0.3, 0.4) is 0 Å². The molecule has 2 N–H and O–H groups in total. The normalized spacial score (nSPS) is 20.7. The van der Waals surface area contributed by atoms with Crippen LogP contribution < -0.4 is 5.32 Å². The Labute approximate surface area is 106 Å². The minimum absolute atomic E-state index is 0.567. The number of nitrogens with zero attached hydrogens (tertiary/aromatic N) is 2. The Kier molecular flexibility index (Phi) is 2.28. The van der Waals surface area contributed by atoms with E-state index in [4.69, 9.17) is 9.97 Å². The van der Waals surface area contributed by atoms with Gasteiger partial charge in [0.2, 0.25) is 0 Å². The van der Waals surface area contributed by atoms with Crippen LogP contribution in [0.2, 0.25) is 0 Å². The number of nitrogens with one attached hydrogen (secondary N) is 2. The number of hydrogen-bond donors (Lipinski definition) is 2. The highest BCUT2D eigenvalue weighted by Crippen LogP contribution is 2.35. The lowest BCUT2D eigenvalue weighted by Gasteiger charge is -2.11. The van der Waals surface area contributed by atoms with Gasteiger partial charge in [-0.1, -0.05) is 12.8 Å². The second-order valence-electron chi connectivity index (χ2n) is 5.57. The minimum atomic E-state index is 0.567. The lowest BCUT2D eigenvalue weighted by molar-refractivity contribution is 0.672. The average Bonchev–Trinajstić information content (AvgIpc) is 2.89. The molecule has 0 bridgehead atoms. The SMILES string of the molecule is c1cc2c(NC3CC3)nc(C3CCCC3)nc2[nH]1. The van der Waals surface area contributed by atoms with E-state index in [1.54, 1.807) is 0 Å². The molecular formula is C14H18N4. The highest BCUT2D eigenvalue weighted by Gasteiger charge is 2.25. The van der Waals surface area contributed by atoms with Crippen LogP contribution in [0, 0.1) is 0 Å². The molecule has 4 rings (SSSR count). The second kappa shape index (κ2) is 3.97. The predicted molar refractivity (Wildman–Crippen MR) is 71.7 cm³/mol. The first kappa shape index (κ1) is 10.4. The van der Waals surface area contributed by atoms with Crippen molar-refractivity contribution in [1.82, 2.24) is 15.0 Å². The molecule has 2 aliphatic rings. The van der Waals surface area contributed by atoms with E-state index in [-0.39, 0.29) is 0 Å². The largest absolute Gasteiger partial charge is 0.367 e. The number of aromatic nitrogens is 3. The third-order valence-electron chi connectivity index (χ3n) is 4.07. The van der Waals surface area contributed by atoms with Crippen LogP contribution in [0.15, 0.2) is 12.3 Å². The Bertz CT molecular complexity index is 564. The van der Waals surface area contributed by atoms with Gasteiger partial charge in [0.15, 0.2) is 0 Å². The summed E-state index contributed by atoms with van der Waals surface area (Å²) in [6, 6.07) is 2.70. The van der Waals surface area contributed by atoms with Gasteiger partial charge in [-0.15, -0.1) is 0 Å². The molecule has 0 radical (unpaired) electrons. The van der Waals surface area contributed by atoms with Crippen molar-refractivity contribution in [1.29, 1.82) is 0 Å². The summed E-state index contributed by atoms with van der Waals surface area (Å²) in [6.45, 7) is 0. The lowest BCUT2D eigenvalue weighted by atomic mass is 10.1. The molecule has 0 spiro atoms. The number of aromatic amines is 1. The molecule has 0 aliphatic heterocycles. The van der Waals surface area contributed by atoms with Gasteiger partial charge < -0.3 is 10.3 Å². The topological polar surface area (TPSA) is 53.6 Å². The maximum Gasteiger partial charge on any atom is 0.143 e. The average molecular weight is 242 g/mol. The van der Waals surface area contributed by atoms with Crippen LogP contribution in [0.25, 0.3) is 11.0 Å². The molecule has 94 valence electrons. The molecule has 4 heteroatoms. The van der Waals surface area contributed by atoms with E-state index in [9.17, 15) is 0 Å². The fourth-order valence-electron chi connectivity index (χ4n) is 2.86. The molecule has 2 heterocycles. The van der Waals surface area contributed by atoms with Crippen molar-refractivity contribution in [2.75, 3.05) is 5.32 Å². The summed E-state index contributed by atoms with van der Waals surface area (Å²) in [5.74, 6) is 2.63. The van der Waals surface area contributed by atoms with Gasteiger partial charge in [0.1, 0.15) is 17.3 Å². The van der Waals surface area contributed by atoms with Gasteiger partial charge in [0.05, 0.1) is 5.39 Å². The zero-order chi connectivity index (χ0) is 11.9. The number of anilines is 1. The Morgan fingerprint density at radius 3 is 2.72 bits per heavy atom. The van der Waals surface area contributed by atoms with Gasteiger partial charge in [0.25, 0.3) is 0 Å². The van der Waals surface area contributed by atoms with Crippen molar-refractivity contribution >= 4 is 16.9 Å². The molecule has 0 amide bonds. The predicted octanol–water partition coefficient (Wildman–Crippen LogP) is 3.19. The summed E-state index contributed by atoms with van der Waals surface area (Å²) in [5, 5.41) is 4.67. The van der Waals surface area contributed by atoms with Crippen LogP contribution in [0.4, 0.5) is 5.82 Å². The molecule has 2 saturated carbocycles. The summed E-state index contributed by atoms with van der Waals surface area (Å²) in [5.41, 5.74) is 0.982. The Morgan fingerprint density at radius 1 is 1.11 bits per heavy atom. The Balaban J connectivity index is 1.77. The minimum Gasteiger partial charge on any atom is -0.367 e. The van der Waals surface area contributed by atoms with Crippen molar-refractivity contribution in [3.05, 3.63) is 18.1 Å². The van der Waals surface area contributed by atoms with Crippen LogP contribution >= 0.6 is 0 Å². The van der Waals surface area contributed by atoms with Gasteiger partial charge >= 0.3 is 0 Å². The maximum atomic E-state index is 4.79. The number of hydrogen-bond acceptors (Lipinski definition) is 3. The first-order chi connectivity index (χ1) is 8.90. The molecule has 0 atom stereocenters. The van der Waals surface area contributed by atoms with Crippen molar-refractivity contribution in [3.8, 4) is 0 Å². The fourth-order valence-corrected chi connectivity index (χ4v) is 2.86. The number of rotatable bonds is 3. The molecule has 2 aromatic heterocycles. The summed E-state index contributed by atoms with van der Waals surface area (Å²) in [6.07, 6.45) is 9.63. The first-order valence-corrected chi connectivity index (χ1v) is 7.02. The summed E-state index contributed by atoms with van der Waals surface area (Å²) in [4.78, 5) is 12.7. The molecule has 2 aromatic rings. The first-order valence-electron chi connectivity index (χ1n) is 7.02. The maximum absolute atomic E-state index is 4.79. The third kappa shape index (κ3) is 1.76. The van der Waals surface area contributed by atoms with Gasteiger partial charge in [-0.25, -0.2) is 9.97 Å². The smallest absolute Gasteiger partial charge is 0.143 e. The quantitative estimate of drug-likeness (QED) is 0.869. The lowest BCUT2D eigenvalue weighted by Crippen LogP contribution is -2.08. The second-order valence-corrected chi connectivity index (χ2v) is 5.57. The van der Waals surface area contributed by atoms with Crippen LogP contribution in [-0.4, -0.2) is 21.0 Å². The van der Waals surface area contributed by atoms with E-state index < -0.39 is 0 Å². The molecule has 0 aromatic carbocycles. The van der Waals surface area contributed by atoms with E-state index in [2.05, 4.69) is 16.4 Å². The zero-order valence-corrected chi connectivity index (χ0v) is 10.4. The fraction of sp³-hybridized carbons (Fsp3) is 0.571. The van der Waals surface area contributed by atoms with E-state index >= 15 is 0 Å². The van der Waals surface area contributed by atoms with Gasteiger partial charge in [-0.3, -0.25) is 0 Å². The number of fused-ring (bicyclic) bond motifs is 1.